The van der Waals surface area contributed by atoms with Crippen LogP contribution in [0.5, 0.6) is 11.5 Å². The van der Waals surface area contributed by atoms with Gasteiger partial charge in [0.1, 0.15) is 4.88 Å². The minimum absolute atomic E-state index is 0.344. The fraction of sp³-hybridized carbons (Fsp3) is 0.400. The third-order valence-corrected chi connectivity index (χ3v) is 4.70. The van der Waals surface area contributed by atoms with Crippen molar-refractivity contribution in [3.8, 4) is 11.5 Å². The Balaban J connectivity index is 2.51. The normalized spacial score (nSPS) is 11.1. The molecule has 1 aromatic heterocycles. The van der Waals surface area contributed by atoms with Gasteiger partial charge in [0.25, 0.3) is 5.24 Å². The number of fused-ring (bicyclic) bond motifs is 1. The zero-order valence-corrected chi connectivity index (χ0v) is 14.4. The van der Waals surface area contributed by atoms with E-state index in [1.54, 1.807) is 6.07 Å². The summed E-state index contributed by atoms with van der Waals surface area (Å²) in [6, 6.07) is 3.65. The summed E-state index contributed by atoms with van der Waals surface area (Å²) in [5.74, 6) is 1.69. The highest BCUT2D eigenvalue weighted by Crippen LogP contribution is 2.42. The molecule has 0 amide bonds. The summed E-state index contributed by atoms with van der Waals surface area (Å²) in [5, 5.41) is 0.571. The molecule has 6 heteroatoms. The van der Waals surface area contributed by atoms with E-state index in [0.717, 1.165) is 10.1 Å². The highest BCUT2D eigenvalue weighted by atomic mass is 35.5. The van der Waals surface area contributed by atoms with Crippen molar-refractivity contribution in [3.63, 3.8) is 0 Å². The molecule has 0 saturated carbocycles. The van der Waals surface area contributed by atoms with Crippen molar-refractivity contribution in [1.29, 1.82) is 0 Å². The minimum Gasteiger partial charge on any atom is -0.490 e. The number of carbonyl (C=O) groups excluding carboxylic acids is 1. The van der Waals surface area contributed by atoms with Crippen LogP contribution in [0.15, 0.2) is 12.1 Å². The summed E-state index contributed by atoms with van der Waals surface area (Å²) in [7, 11) is 0. The van der Waals surface area contributed by atoms with Gasteiger partial charge in [0.15, 0.2) is 11.5 Å². The Hall–Kier alpha value is -0.970. The smallest absolute Gasteiger partial charge is 0.263 e. The molecule has 0 unspecified atom stereocenters. The minimum atomic E-state index is -0.552. The molecule has 0 aliphatic carbocycles. The Morgan fingerprint density at radius 1 is 1.29 bits per heavy atom. The lowest BCUT2D eigenvalue weighted by molar-refractivity contribution is 0.108. The molecule has 21 heavy (non-hydrogen) atoms. The topological polar surface area (TPSA) is 35.5 Å². The Morgan fingerprint density at radius 3 is 2.52 bits per heavy atom. The van der Waals surface area contributed by atoms with E-state index in [1.807, 2.05) is 13.0 Å². The third-order valence-electron chi connectivity index (χ3n) is 2.74. The summed E-state index contributed by atoms with van der Waals surface area (Å²) in [5.41, 5.74) is 0. The molecule has 0 aliphatic heterocycles. The summed E-state index contributed by atoms with van der Waals surface area (Å²) in [6.07, 6.45) is 0. The van der Waals surface area contributed by atoms with Gasteiger partial charge in [-0.05, 0) is 30.5 Å². The van der Waals surface area contributed by atoms with Gasteiger partial charge in [0.2, 0.25) is 0 Å². The van der Waals surface area contributed by atoms with Crippen LogP contribution in [0, 0.1) is 5.92 Å². The number of hydrogen-bond acceptors (Lipinski definition) is 4. The van der Waals surface area contributed by atoms with Crippen LogP contribution >= 0.6 is 34.5 Å². The van der Waals surface area contributed by atoms with E-state index in [0.29, 0.717) is 40.5 Å². The molecule has 0 bridgehead atoms. The zero-order chi connectivity index (χ0) is 15.6. The van der Waals surface area contributed by atoms with Crippen LogP contribution in [-0.4, -0.2) is 18.5 Å². The van der Waals surface area contributed by atoms with E-state index in [1.165, 1.54) is 11.3 Å². The van der Waals surface area contributed by atoms with Crippen LogP contribution in [0.25, 0.3) is 10.1 Å². The van der Waals surface area contributed by atoms with Gasteiger partial charge < -0.3 is 9.47 Å². The maximum Gasteiger partial charge on any atom is 0.263 e. The predicted octanol–water partition coefficient (Wildman–Crippen LogP) is 5.37. The molecule has 3 nitrogen and oxygen atoms in total. The zero-order valence-electron chi connectivity index (χ0n) is 12.0. The number of ether oxygens (including phenoxy) is 2. The van der Waals surface area contributed by atoms with E-state index in [-0.39, 0.29) is 0 Å². The lowest BCUT2D eigenvalue weighted by Gasteiger charge is -2.13. The van der Waals surface area contributed by atoms with Crippen molar-refractivity contribution >= 4 is 49.9 Å². The predicted molar refractivity (Wildman–Crippen MR) is 88.5 cm³/mol. The molecule has 1 heterocycles. The number of carbonyl (C=O) groups is 1. The summed E-state index contributed by atoms with van der Waals surface area (Å²) >= 11 is 13.0. The fourth-order valence-corrected chi connectivity index (χ4v) is 3.45. The Bertz CT molecular complexity index is 664. The lowest BCUT2D eigenvalue weighted by Crippen LogP contribution is -2.06. The van der Waals surface area contributed by atoms with E-state index in [4.69, 9.17) is 32.7 Å². The van der Waals surface area contributed by atoms with E-state index >= 15 is 0 Å². The van der Waals surface area contributed by atoms with Crippen molar-refractivity contribution in [2.45, 2.75) is 20.8 Å². The molecule has 2 rings (SSSR count). The van der Waals surface area contributed by atoms with Crippen molar-refractivity contribution in [2.24, 2.45) is 5.92 Å². The molecule has 114 valence electrons. The number of hydrogen-bond donors (Lipinski definition) is 0. The second-order valence-corrected chi connectivity index (χ2v) is 6.73. The van der Waals surface area contributed by atoms with Crippen molar-refractivity contribution in [3.05, 3.63) is 22.0 Å². The highest BCUT2D eigenvalue weighted by Gasteiger charge is 2.18. The van der Waals surface area contributed by atoms with Crippen LogP contribution in [0.1, 0.15) is 30.4 Å². The summed E-state index contributed by atoms with van der Waals surface area (Å²) in [6.45, 7) is 7.16. The average molecular weight is 347 g/mol. The van der Waals surface area contributed by atoms with Crippen LogP contribution in [0.3, 0.4) is 0 Å². The van der Waals surface area contributed by atoms with E-state index < -0.39 is 5.24 Å². The average Bonchev–Trinajstić information content (AvgIpc) is 2.73. The van der Waals surface area contributed by atoms with Gasteiger partial charge in [-0.2, -0.15) is 0 Å². The molecule has 2 aromatic rings. The van der Waals surface area contributed by atoms with Crippen LogP contribution in [0.2, 0.25) is 5.02 Å². The van der Waals surface area contributed by atoms with Gasteiger partial charge in [-0.15, -0.1) is 11.3 Å². The molecule has 0 fully saturated rings. The number of thiophene rings is 1. The van der Waals surface area contributed by atoms with Crippen LogP contribution in [-0.2, 0) is 0 Å². The van der Waals surface area contributed by atoms with Crippen molar-refractivity contribution < 1.29 is 14.3 Å². The van der Waals surface area contributed by atoms with Gasteiger partial charge in [-0.25, -0.2) is 0 Å². The molecule has 0 aliphatic rings. The van der Waals surface area contributed by atoms with E-state index in [9.17, 15) is 4.79 Å². The Morgan fingerprint density at radius 2 is 1.95 bits per heavy atom. The van der Waals surface area contributed by atoms with Gasteiger partial charge >= 0.3 is 0 Å². The first-order valence-corrected chi connectivity index (χ1v) is 8.22. The van der Waals surface area contributed by atoms with Crippen LogP contribution in [0.4, 0.5) is 0 Å². The molecule has 0 radical (unpaired) electrons. The fourth-order valence-electron chi connectivity index (χ4n) is 1.84. The second kappa shape index (κ2) is 6.86. The van der Waals surface area contributed by atoms with Crippen LogP contribution < -0.4 is 9.47 Å². The van der Waals surface area contributed by atoms with Crippen molar-refractivity contribution in [1.82, 2.24) is 0 Å². The Kier molecular flexibility index (Phi) is 5.36. The number of benzene rings is 1. The standard InChI is InChI=1S/C15H16Cl2O3S/c1-4-19-10-5-9-12(6-11(10)20-7-8(2)3)21-14(13(9)16)15(17)18/h5-6,8H,4,7H2,1-3H3. The van der Waals surface area contributed by atoms with Crippen molar-refractivity contribution in [2.75, 3.05) is 13.2 Å². The molecule has 1 aromatic carbocycles. The third kappa shape index (κ3) is 3.62. The molecular weight excluding hydrogens is 331 g/mol. The first kappa shape index (κ1) is 16.4. The van der Waals surface area contributed by atoms with Gasteiger partial charge in [0, 0.05) is 16.2 Å². The van der Waals surface area contributed by atoms with Gasteiger partial charge in [-0.1, -0.05) is 25.4 Å². The molecule has 0 N–H and O–H groups in total. The molecule has 0 spiro atoms. The number of halogens is 2. The first-order chi connectivity index (χ1) is 9.93. The summed E-state index contributed by atoms with van der Waals surface area (Å²) < 4.78 is 12.2. The lowest BCUT2D eigenvalue weighted by atomic mass is 10.2. The molecule has 0 atom stereocenters. The van der Waals surface area contributed by atoms with Gasteiger partial charge in [-0.3, -0.25) is 4.79 Å². The SMILES string of the molecule is CCOc1cc2c(Cl)c(C(=O)Cl)sc2cc1OCC(C)C. The highest BCUT2D eigenvalue weighted by molar-refractivity contribution is 7.23. The molecular formula is C15H16Cl2O3S. The second-order valence-electron chi connectivity index (χ2n) is 4.95. The molecule has 0 saturated heterocycles. The Labute approximate surface area is 137 Å². The largest absolute Gasteiger partial charge is 0.490 e. The maximum atomic E-state index is 11.4. The first-order valence-electron chi connectivity index (χ1n) is 6.65. The van der Waals surface area contributed by atoms with E-state index in [2.05, 4.69) is 13.8 Å². The monoisotopic (exact) mass is 346 g/mol. The summed E-state index contributed by atoms with van der Waals surface area (Å²) in [4.78, 5) is 11.7. The maximum absolute atomic E-state index is 11.4. The quantitative estimate of drug-likeness (QED) is 0.659. The van der Waals surface area contributed by atoms with Gasteiger partial charge in [0.05, 0.1) is 18.2 Å². The number of rotatable bonds is 6.